The summed E-state index contributed by atoms with van der Waals surface area (Å²) < 4.78 is 10.5. The van der Waals surface area contributed by atoms with Gasteiger partial charge >= 0.3 is 0 Å². The Morgan fingerprint density at radius 3 is 2.61 bits per heavy atom. The van der Waals surface area contributed by atoms with Crippen LogP contribution in [0.1, 0.15) is 33.1 Å². The van der Waals surface area contributed by atoms with Gasteiger partial charge in [0.15, 0.2) is 0 Å². The van der Waals surface area contributed by atoms with Gasteiger partial charge in [-0.15, -0.1) is 0 Å². The lowest BCUT2D eigenvalue weighted by Gasteiger charge is -2.47. The van der Waals surface area contributed by atoms with Gasteiger partial charge in [0.05, 0.1) is 13.2 Å². The Hall–Kier alpha value is -0.160. The molecular formula is C14H30N2O2. The molecule has 0 amide bonds. The Kier molecular flexibility index (Phi) is 7.82. The summed E-state index contributed by atoms with van der Waals surface area (Å²) in [5, 5.41) is 3.54. The van der Waals surface area contributed by atoms with Crippen molar-refractivity contribution >= 4 is 0 Å². The molecule has 0 aliphatic carbocycles. The van der Waals surface area contributed by atoms with Crippen LogP contribution in [0.4, 0.5) is 0 Å². The van der Waals surface area contributed by atoms with Gasteiger partial charge in [-0.05, 0) is 19.3 Å². The van der Waals surface area contributed by atoms with Crippen molar-refractivity contribution in [3.63, 3.8) is 0 Å². The maximum Gasteiger partial charge on any atom is 0.0700 e. The first-order valence-electron chi connectivity index (χ1n) is 7.31. The van der Waals surface area contributed by atoms with E-state index in [4.69, 9.17) is 9.47 Å². The van der Waals surface area contributed by atoms with E-state index in [2.05, 4.69) is 24.1 Å². The van der Waals surface area contributed by atoms with Crippen LogP contribution in [0.2, 0.25) is 0 Å². The fourth-order valence-electron chi connectivity index (χ4n) is 2.78. The molecule has 1 aliphatic rings. The van der Waals surface area contributed by atoms with Crippen molar-refractivity contribution in [1.29, 1.82) is 0 Å². The second kappa shape index (κ2) is 8.86. The maximum atomic E-state index is 5.53. The highest BCUT2D eigenvalue weighted by atomic mass is 16.5. The first kappa shape index (κ1) is 15.9. The van der Waals surface area contributed by atoms with Gasteiger partial charge in [-0.3, -0.25) is 4.90 Å². The fraction of sp³-hybridized carbons (Fsp3) is 1.00. The minimum Gasteiger partial charge on any atom is -0.382 e. The molecule has 0 aromatic heterocycles. The zero-order valence-corrected chi connectivity index (χ0v) is 12.3. The second-order valence-electron chi connectivity index (χ2n) is 5.05. The summed E-state index contributed by atoms with van der Waals surface area (Å²) in [4.78, 5) is 2.66. The summed E-state index contributed by atoms with van der Waals surface area (Å²) in [7, 11) is 1.71. The number of hydrogen-bond acceptors (Lipinski definition) is 4. The van der Waals surface area contributed by atoms with Crippen LogP contribution in [-0.2, 0) is 9.47 Å². The van der Waals surface area contributed by atoms with Crippen molar-refractivity contribution in [2.45, 2.75) is 38.6 Å². The predicted octanol–water partition coefficient (Wildman–Crippen LogP) is 1.50. The van der Waals surface area contributed by atoms with Crippen molar-refractivity contribution < 1.29 is 9.47 Å². The Bertz CT molecular complexity index is 208. The first-order valence-corrected chi connectivity index (χ1v) is 7.31. The molecule has 4 heteroatoms. The molecule has 0 atom stereocenters. The minimum absolute atomic E-state index is 0.366. The van der Waals surface area contributed by atoms with Crippen LogP contribution in [0.3, 0.4) is 0 Å². The lowest BCUT2D eigenvalue weighted by molar-refractivity contribution is 0.0311. The predicted molar refractivity (Wildman–Crippen MR) is 75.1 cm³/mol. The largest absolute Gasteiger partial charge is 0.382 e. The molecule has 1 saturated heterocycles. The normalized spacial score (nSPS) is 20.2. The summed E-state index contributed by atoms with van der Waals surface area (Å²) in [5.74, 6) is 0. The number of nitrogens with zero attached hydrogens (tertiary/aromatic N) is 1. The van der Waals surface area contributed by atoms with Crippen LogP contribution in [0, 0.1) is 0 Å². The van der Waals surface area contributed by atoms with Crippen molar-refractivity contribution in [2.75, 3.05) is 53.1 Å². The standard InChI is InChI=1S/C14H30N2O2/c1-4-14(5-2)13-15-7-9-16(14)8-6-10-18-12-11-17-3/h15H,4-13H2,1-3H3. The molecule has 18 heavy (non-hydrogen) atoms. The molecule has 0 saturated carbocycles. The third-order valence-corrected chi connectivity index (χ3v) is 4.15. The van der Waals surface area contributed by atoms with E-state index in [-0.39, 0.29) is 0 Å². The SMILES string of the molecule is CCC1(CC)CNCCN1CCCOCCOC. The van der Waals surface area contributed by atoms with E-state index in [0.29, 0.717) is 18.8 Å². The highest BCUT2D eigenvalue weighted by Gasteiger charge is 2.34. The molecular weight excluding hydrogens is 228 g/mol. The smallest absolute Gasteiger partial charge is 0.0700 e. The van der Waals surface area contributed by atoms with Gasteiger partial charge in [0.1, 0.15) is 0 Å². The molecule has 0 spiro atoms. The lowest BCUT2D eigenvalue weighted by atomic mass is 9.88. The van der Waals surface area contributed by atoms with Crippen LogP contribution in [0.5, 0.6) is 0 Å². The van der Waals surface area contributed by atoms with E-state index in [1.807, 2.05) is 0 Å². The lowest BCUT2D eigenvalue weighted by Crippen LogP contribution is -2.60. The Morgan fingerprint density at radius 1 is 1.17 bits per heavy atom. The van der Waals surface area contributed by atoms with Crippen LogP contribution in [0.15, 0.2) is 0 Å². The zero-order valence-electron chi connectivity index (χ0n) is 12.3. The third kappa shape index (κ3) is 4.50. The molecule has 0 radical (unpaired) electrons. The van der Waals surface area contributed by atoms with E-state index in [9.17, 15) is 0 Å². The van der Waals surface area contributed by atoms with Crippen molar-refractivity contribution in [2.24, 2.45) is 0 Å². The highest BCUT2D eigenvalue weighted by molar-refractivity contribution is 4.93. The van der Waals surface area contributed by atoms with Crippen molar-refractivity contribution in [1.82, 2.24) is 10.2 Å². The van der Waals surface area contributed by atoms with Crippen LogP contribution >= 0.6 is 0 Å². The molecule has 0 unspecified atom stereocenters. The Morgan fingerprint density at radius 2 is 1.94 bits per heavy atom. The summed E-state index contributed by atoms with van der Waals surface area (Å²) in [6.45, 7) is 11.4. The summed E-state index contributed by atoms with van der Waals surface area (Å²) in [6.07, 6.45) is 3.56. The van der Waals surface area contributed by atoms with E-state index in [1.54, 1.807) is 7.11 Å². The zero-order chi connectivity index (χ0) is 13.3. The van der Waals surface area contributed by atoms with Gasteiger partial charge in [0.25, 0.3) is 0 Å². The number of nitrogens with one attached hydrogen (secondary N) is 1. The molecule has 1 heterocycles. The highest BCUT2D eigenvalue weighted by Crippen LogP contribution is 2.25. The molecule has 1 rings (SSSR count). The summed E-state index contributed by atoms with van der Waals surface area (Å²) in [6, 6.07) is 0. The van der Waals surface area contributed by atoms with E-state index < -0.39 is 0 Å². The molecule has 0 aromatic rings. The fourth-order valence-corrected chi connectivity index (χ4v) is 2.78. The maximum absolute atomic E-state index is 5.53. The van der Waals surface area contributed by atoms with Gasteiger partial charge in [0.2, 0.25) is 0 Å². The third-order valence-electron chi connectivity index (χ3n) is 4.15. The molecule has 108 valence electrons. The summed E-state index contributed by atoms with van der Waals surface area (Å²) >= 11 is 0. The Balaban J connectivity index is 2.25. The van der Waals surface area contributed by atoms with Crippen LogP contribution in [-0.4, -0.2) is 63.5 Å². The number of piperazine rings is 1. The molecule has 1 fully saturated rings. The van der Waals surface area contributed by atoms with Crippen LogP contribution in [0.25, 0.3) is 0 Å². The molecule has 0 bridgehead atoms. The van der Waals surface area contributed by atoms with E-state index in [1.165, 1.54) is 19.4 Å². The van der Waals surface area contributed by atoms with E-state index >= 15 is 0 Å². The van der Waals surface area contributed by atoms with Gasteiger partial charge in [-0.25, -0.2) is 0 Å². The number of rotatable bonds is 9. The molecule has 4 nitrogen and oxygen atoms in total. The molecule has 0 aromatic carbocycles. The second-order valence-corrected chi connectivity index (χ2v) is 5.05. The van der Waals surface area contributed by atoms with Crippen molar-refractivity contribution in [3.05, 3.63) is 0 Å². The minimum atomic E-state index is 0.366. The topological polar surface area (TPSA) is 33.7 Å². The quantitative estimate of drug-likeness (QED) is 0.636. The number of ether oxygens (including phenoxy) is 2. The summed E-state index contributed by atoms with van der Waals surface area (Å²) in [5.41, 5.74) is 0.366. The van der Waals surface area contributed by atoms with Gasteiger partial charge in [-0.1, -0.05) is 13.8 Å². The molecule has 1 N–H and O–H groups in total. The van der Waals surface area contributed by atoms with Gasteiger partial charge in [-0.2, -0.15) is 0 Å². The van der Waals surface area contributed by atoms with Gasteiger partial charge < -0.3 is 14.8 Å². The average Bonchev–Trinajstić information content (AvgIpc) is 2.43. The van der Waals surface area contributed by atoms with E-state index in [0.717, 1.165) is 32.7 Å². The number of methoxy groups -OCH3 is 1. The van der Waals surface area contributed by atoms with Gasteiger partial charge in [0, 0.05) is 45.4 Å². The molecule has 1 aliphatic heterocycles. The first-order chi connectivity index (χ1) is 8.79. The Labute approximate surface area is 112 Å². The average molecular weight is 258 g/mol. The monoisotopic (exact) mass is 258 g/mol. The van der Waals surface area contributed by atoms with Crippen LogP contribution < -0.4 is 5.32 Å². The number of hydrogen-bond donors (Lipinski definition) is 1. The van der Waals surface area contributed by atoms with Crippen molar-refractivity contribution in [3.8, 4) is 0 Å².